The largest absolute Gasteiger partial charge is 0.322 e. The molecule has 3 aromatic rings. The van der Waals surface area contributed by atoms with E-state index in [0.717, 1.165) is 23.2 Å². The van der Waals surface area contributed by atoms with Crippen LogP contribution < -0.4 is 5.73 Å². The van der Waals surface area contributed by atoms with Crippen molar-refractivity contribution in [3.63, 3.8) is 0 Å². The molecule has 0 aliphatic heterocycles. The second-order valence-corrected chi connectivity index (χ2v) is 5.21. The van der Waals surface area contributed by atoms with E-state index in [1.165, 1.54) is 10.9 Å². The summed E-state index contributed by atoms with van der Waals surface area (Å²) in [6, 6.07) is 10.1. The standard InChI is InChI=1S/C16H18N4/c1-11-7-16(19-15-6-4-3-5-13(11)15)14(17)8-12-9-18-20(2)10-12/h3-7,9-10,14H,8,17H2,1-2H3. The normalized spacial score (nSPS) is 12.8. The summed E-state index contributed by atoms with van der Waals surface area (Å²) in [5.74, 6) is 0. The molecule has 0 saturated heterocycles. The molecule has 0 bridgehead atoms. The number of fused-ring (bicyclic) bond motifs is 1. The highest BCUT2D eigenvalue weighted by Gasteiger charge is 2.12. The van der Waals surface area contributed by atoms with Gasteiger partial charge in [0.2, 0.25) is 0 Å². The fourth-order valence-corrected chi connectivity index (χ4v) is 2.50. The molecule has 0 spiro atoms. The molecule has 0 saturated carbocycles. The van der Waals surface area contributed by atoms with Crippen LogP contribution in [0.5, 0.6) is 0 Å². The summed E-state index contributed by atoms with van der Waals surface area (Å²) < 4.78 is 1.79. The van der Waals surface area contributed by atoms with Crippen molar-refractivity contribution in [1.82, 2.24) is 14.8 Å². The average Bonchev–Trinajstić information content (AvgIpc) is 2.84. The van der Waals surface area contributed by atoms with E-state index in [9.17, 15) is 0 Å². The van der Waals surface area contributed by atoms with E-state index in [-0.39, 0.29) is 6.04 Å². The minimum Gasteiger partial charge on any atom is -0.322 e. The molecule has 2 N–H and O–H groups in total. The Morgan fingerprint density at radius 2 is 2.10 bits per heavy atom. The average molecular weight is 266 g/mol. The minimum atomic E-state index is -0.109. The molecule has 1 atom stereocenters. The third kappa shape index (κ3) is 2.42. The van der Waals surface area contributed by atoms with Crippen LogP contribution >= 0.6 is 0 Å². The summed E-state index contributed by atoms with van der Waals surface area (Å²) in [6.07, 6.45) is 4.60. The molecule has 2 aromatic heterocycles. The predicted octanol–water partition coefficient (Wildman–Crippen LogP) is 2.52. The molecule has 4 nitrogen and oxygen atoms in total. The van der Waals surface area contributed by atoms with Gasteiger partial charge in [-0.2, -0.15) is 5.10 Å². The molecule has 4 heteroatoms. The van der Waals surface area contributed by atoms with Gasteiger partial charge in [-0.25, -0.2) is 0 Å². The van der Waals surface area contributed by atoms with Gasteiger partial charge in [0.1, 0.15) is 0 Å². The zero-order valence-electron chi connectivity index (χ0n) is 11.7. The molecule has 0 aliphatic carbocycles. The fraction of sp³-hybridized carbons (Fsp3) is 0.250. The lowest BCUT2D eigenvalue weighted by Gasteiger charge is -2.12. The number of nitrogens with two attached hydrogens (primary N) is 1. The summed E-state index contributed by atoms with van der Waals surface area (Å²) >= 11 is 0. The Kier molecular flexibility index (Phi) is 3.24. The summed E-state index contributed by atoms with van der Waals surface area (Å²) in [7, 11) is 1.91. The maximum atomic E-state index is 6.30. The first-order valence-electron chi connectivity index (χ1n) is 6.73. The summed E-state index contributed by atoms with van der Waals surface area (Å²) in [5, 5.41) is 5.36. The summed E-state index contributed by atoms with van der Waals surface area (Å²) in [5.41, 5.74) is 10.6. The van der Waals surface area contributed by atoms with E-state index in [2.05, 4.69) is 29.1 Å². The molecule has 0 aliphatic rings. The van der Waals surface area contributed by atoms with Gasteiger partial charge in [-0.15, -0.1) is 0 Å². The highest BCUT2D eigenvalue weighted by atomic mass is 15.2. The molecule has 1 unspecified atom stereocenters. The molecule has 102 valence electrons. The molecule has 2 heterocycles. The van der Waals surface area contributed by atoms with Gasteiger partial charge in [-0.1, -0.05) is 18.2 Å². The lowest BCUT2D eigenvalue weighted by Crippen LogP contribution is -2.15. The van der Waals surface area contributed by atoms with Crippen molar-refractivity contribution in [2.45, 2.75) is 19.4 Å². The topological polar surface area (TPSA) is 56.7 Å². The van der Waals surface area contributed by atoms with Crippen molar-refractivity contribution < 1.29 is 0 Å². The van der Waals surface area contributed by atoms with Crippen LogP contribution in [-0.4, -0.2) is 14.8 Å². The van der Waals surface area contributed by atoms with Crippen molar-refractivity contribution in [1.29, 1.82) is 0 Å². The van der Waals surface area contributed by atoms with E-state index < -0.39 is 0 Å². The zero-order chi connectivity index (χ0) is 14.1. The molecular weight excluding hydrogens is 248 g/mol. The number of aromatic nitrogens is 3. The molecule has 3 rings (SSSR count). The van der Waals surface area contributed by atoms with Crippen LogP contribution in [0.1, 0.15) is 22.9 Å². The molecule has 20 heavy (non-hydrogen) atoms. The van der Waals surface area contributed by atoms with Gasteiger partial charge in [-0.05, 0) is 36.6 Å². The maximum Gasteiger partial charge on any atom is 0.0708 e. The van der Waals surface area contributed by atoms with Crippen LogP contribution in [-0.2, 0) is 13.5 Å². The van der Waals surface area contributed by atoms with Crippen molar-refractivity contribution in [2.24, 2.45) is 12.8 Å². The summed E-state index contributed by atoms with van der Waals surface area (Å²) in [4.78, 5) is 4.69. The first kappa shape index (κ1) is 12.8. The Bertz CT molecular complexity index is 745. The van der Waals surface area contributed by atoms with Crippen molar-refractivity contribution in [3.05, 3.63) is 59.5 Å². The Labute approximate surface area is 118 Å². The maximum absolute atomic E-state index is 6.30. The lowest BCUT2D eigenvalue weighted by atomic mass is 10.0. The van der Waals surface area contributed by atoms with Gasteiger partial charge < -0.3 is 5.73 Å². The minimum absolute atomic E-state index is 0.109. The van der Waals surface area contributed by atoms with Gasteiger partial charge in [0.15, 0.2) is 0 Å². The molecule has 0 amide bonds. The van der Waals surface area contributed by atoms with Crippen LogP contribution in [0.3, 0.4) is 0 Å². The second-order valence-electron chi connectivity index (χ2n) is 5.21. The van der Waals surface area contributed by atoms with Gasteiger partial charge in [0.25, 0.3) is 0 Å². The van der Waals surface area contributed by atoms with Crippen LogP contribution in [0, 0.1) is 6.92 Å². The number of aryl methyl sites for hydroxylation is 2. The number of benzene rings is 1. The third-order valence-corrected chi connectivity index (χ3v) is 3.54. The molecule has 0 radical (unpaired) electrons. The highest BCUT2D eigenvalue weighted by molar-refractivity contribution is 5.82. The van der Waals surface area contributed by atoms with Crippen molar-refractivity contribution in [3.8, 4) is 0 Å². The smallest absolute Gasteiger partial charge is 0.0708 e. The Morgan fingerprint density at radius 3 is 2.85 bits per heavy atom. The second kappa shape index (κ2) is 5.06. The van der Waals surface area contributed by atoms with E-state index in [1.54, 1.807) is 4.68 Å². The quantitative estimate of drug-likeness (QED) is 0.792. The van der Waals surface area contributed by atoms with Gasteiger partial charge in [-0.3, -0.25) is 9.67 Å². The molecule has 1 aromatic carbocycles. The van der Waals surface area contributed by atoms with Crippen molar-refractivity contribution in [2.75, 3.05) is 0 Å². The number of hydrogen-bond acceptors (Lipinski definition) is 3. The lowest BCUT2D eigenvalue weighted by molar-refractivity contribution is 0.697. The van der Waals surface area contributed by atoms with Gasteiger partial charge in [0.05, 0.1) is 23.4 Å². The Morgan fingerprint density at radius 1 is 1.30 bits per heavy atom. The number of pyridine rings is 1. The number of para-hydroxylation sites is 1. The predicted molar refractivity (Wildman–Crippen MR) is 80.3 cm³/mol. The third-order valence-electron chi connectivity index (χ3n) is 3.54. The van der Waals surface area contributed by atoms with Gasteiger partial charge >= 0.3 is 0 Å². The van der Waals surface area contributed by atoms with E-state index in [0.29, 0.717) is 0 Å². The monoisotopic (exact) mass is 266 g/mol. The number of rotatable bonds is 3. The Balaban J connectivity index is 1.93. The van der Waals surface area contributed by atoms with Gasteiger partial charge in [0, 0.05) is 18.6 Å². The first-order chi connectivity index (χ1) is 9.63. The van der Waals surface area contributed by atoms with Crippen LogP contribution in [0.2, 0.25) is 0 Å². The fourth-order valence-electron chi connectivity index (χ4n) is 2.50. The highest BCUT2D eigenvalue weighted by Crippen LogP contribution is 2.21. The zero-order valence-corrected chi connectivity index (χ0v) is 11.7. The SMILES string of the molecule is Cc1cc(C(N)Cc2cnn(C)c2)nc2ccccc12. The van der Waals surface area contributed by atoms with Crippen LogP contribution in [0.25, 0.3) is 10.9 Å². The first-order valence-corrected chi connectivity index (χ1v) is 6.73. The van der Waals surface area contributed by atoms with E-state index in [1.807, 2.05) is 37.6 Å². The number of nitrogens with zero attached hydrogens (tertiary/aromatic N) is 3. The van der Waals surface area contributed by atoms with E-state index in [4.69, 9.17) is 5.73 Å². The van der Waals surface area contributed by atoms with E-state index >= 15 is 0 Å². The van der Waals surface area contributed by atoms with Crippen LogP contribution in [0.4, 0.5) is 0 Å². The molecule has 0 fully saturated rings. The summed E-state index contributed by atoms with van der Waals surface area (Å²) in [6.45, 7) is 2.10. The van der Waals surface area contributed by atoms with Crippen LogP contribution in [0.15, 0.2) is 42.7 Å². The van der Waals surface area contributed by atoms with Crippen molar-refractivity contribution >= 4 is 10.9 Å². The molecular formula is C16H18N4. The number of hydrogen-bond donors (Lipinski definition) is 1. The Hall–Kier alpha value is -2.20.